The Hall–Kier alpha value is -1.15. The largest absolute Gasteiger partial charge is 0.366 e. The van der Waals surface area contributed by atoms with Crippen molar-refractivity contribution < 1.29 is 13.2 Å². The molecule has 106 valence electrons. The molecule has 1 aromatic carbocycles. The third-order valence-electron chi connectivity index (χ3n) is 2.85. The SMILES string of the molecule is Cl.NC(=O)c1ccc(S(=O)(=O)N2CCNCC2)cc1. The summed E-state index contributed by atoms with van der Waals surface area (Å²) in [6, 6.07) is 5.68. The molecule has 6 nitrogen and oxygen atoms in total. The standard InChI is InChI=1S/C11H15N3O3S.ClH/c12-11(15)9-1-3-10(4-2-9)18(16,17)14-7-5-13-6-8-14;/h1-4,13H,5-8H2,(H2,12,15);1H. The van der Waals surface area contributed by atoms with Gasteiger partial charge in [0, 0.05) is 31.7 Å². The molecule has 0 unspecified atom stereocenters. The summed E-state index contributed by atoms with van der Waals surface area (Å²) >= 11 is 0. The van der Waals surface area contributed by atoms with Gasteiger partial charge in [-0.2, -0.15) is 4.31 Å². The van der Waals surface area contributed by atoms with Crippen LogP contribution in [0.3, 0.4) is 0 Å². The zero-order chi connectivity index (χ0) is 13.2. The Balaban J connectivity index is 0.00000180. The number of primary amides is 1. The molecule has 1 fully saturated rings. The molecule has 0 radical (unpaired) electrons. The average molecular weight is 306 g/mol. The smallest absolute Gasteiger partial charge is 0.248 e. The number of rotatable bonds is 3. The summed E-state index contributed by atoms with van der Waals surface area (Å²) in [6.45, 7) is 2.22. The Kier molecular flexibility index (Phi) is 5.30. The second kappa shape index (κ2) is 6.33. The lowest BCUT2D eigenvalue weighted by molar-refractivity contribution is 0.1000. The van der Waals surface area contributed by atoms with Gasteiger partial charge in [-0.25, -0.2) is 8.42 Å². The number of amides is 1. The number of hydrogen-bond acceptors (Lipinski definition) is 4. The van der Waals surface area contributed by atoms with Crippen LogP contribution in [0.4, 0.5) is 0 Å². The van der Waals surface area contributed by atoms with Crippen LogP contribution in [0.1, 0.15) is 10.4 Å². The molecule has 3 N–H and O–H groups in total. The number of piperazine rings is 1. The molecule has 1 aromatic rings. The van der Waals surface area contributed by atoms with Gasteiger partial charge in [0.1, 0.15) is 0 Å². The predicted octanol–water partition coefficient (Wildman–Crippen LogP) is -0.199. The minimum atomic E-state index is -3.46. The molecular formula is C11H16ClN3O3S. The Morgan fingerprint density at radius 3 is 2.16 bits per heavy atom. The summed E-state index contributed by atoms with van der Waals surface area (Å²) in [5, 5.41) is 3.10. The number of carbonyl (C=O) groups excluding carboxylic acids is 1. The summed E-state index contributed by atoms with van der Waals surface area (Å²) in [7, 11) is -3.46. The molecule has 1 aliphatic rings. The van der Waals surface area contributed by atoms with Gasteiger partial charge in [-0.05, 0) is 24.3 Å². The molecular weight excluding hydrogens is 290 g/mol. The van der Waals surface area contributed by atoms with Crippen molar-refractivity contribution in [2.24, 2.45) is 5.73 Å². The molecule has 1 saturated heterocycles. The first-order valence-electron chi connectivity index (χ1n) is 5.62. The topological polar surface area (TPSA) is 92.5 Å². The number of nitrogens with two attached hydrogens (primary N) is 1. The third kappa shape index (κ3) is 3.44. The van der Waals surface area contributed by atoms with E-state index in [0.29, 0.717) is 31.7 Å². The van der Waals surface area contributed by atoms with Gasteiger partial charge in [0.15, 0.2) is 0 Å². The van der Waals surface area contributed by atoms with Crippen LogP contribution in [0.15, 0.2) is 29.2 Å². The monoisotopic (exact) mass is 305 g/mol. The normalized spacial score (nSPS) is 16.6. The molecule has 8 heteroatoms. The predicted molar refractivity (Wildman–Crippen MR) is 73.8 cm³/mol. The fourth-order valence-corrected chi connectivity index (χ4v) is 3.27. The molecule has 2 rings (SSSR count). The van der Waals surface area contributed by atoms with Crippen molar-refractivity contribution in [2.75, 3.05) is 26.2 Å². The van der Waals surface area contributed by atoms with Gasteiger partial charge in [-0.1, -0.05) is 0 Å². The minimum absolute atomic E-state index is 0. The van der Waals surface area contributed by atoms with Crippen molar-refractivity contribution in [3.05, 3.63) is 29.8 Å². The number of halogens is 1. The highest BCUT2D eigenvalue weighted by Gasteiger charge is 2.25. The Labute approximate surface area is 118 Å². The first kappa shape index (κ1) is 15.9. The number of nitrogens with zero attached hydrogens (tertiary/aromatic N) is 1. The van der Waals surface area contributed by atoms with E-state index in [2.05, 4.69) is 5.32 Å². The average Bonchev–Trinajstić information content (AvgIpc) is 2.40. The zero-order valence-electron chi connectivity index (χ0n) is 10.2. The van der Waals surface area contributed by atoms with E-state index in [-0.39, 0.29) is 17.3 Å². The maximum absolute atomic E-state index is 12.3. The molecule has 0 aromatic heterocycles. The maximum Gasteiger partial charge on any atom is 0.248 e. The van der Waals surface area contributed by atoms with Crippen molar-refractivity contribution in [3.8, 4) is 0 Å². The van der Waals surface area contributed by atoms with E-state index in [1.54, 1.807) is 0 Å². The van der Waals surface area contributed by atoms with E-state index in [4.69, 9.17) is 5.73 Å². The molecule has 1 aliphatic heterocycles. The quantitative estimate of drug-likeness (QED) is 0.809. The first-order valence-corrected chi connectivity index (χ1v) is 7.06. The van der Waals surface area contributed by atoms with Gasteiger partial charge in [-0.15, -0.1) is 12.4 Å². The summed E-state index contributed by atoms with van der Waals surface area (Å²) in [6.07, 6.45) is 0. The molecule has 0 aliphatic carbocycles. The van der Waals surface area contributed by atoms with Crippen LogP contribution >= 0.6 is 12.4 Å². The molecule has 1 amide bonds. The molecule has 0 spiro atoms. The van der Waals surface area contributed by atoms with Gasteiger partial charge in [0.2, 0.25) is 15.9 Å². The second-order valence-electron chi connectivity index (χ2n) is 4.04. The summed E-state index contributed by atoms with van der Waals surface area (Å²) < 4.78 is 25.9. The number of hydrogen-bond donors (Lipinski definition) is 2. The van der Waals surface area contributed by atoms with Crippen molar-refractivity contribution in [3.63, 3.8) is 0 Å². The number of carbonyl (C=O) groups is 1. The van der Waals surface area contributed by atoms with Gasteiger partial charge < -0.3 is 11.1 Å². The minimum Gasteiger partial charge on any atom is -0.366 e. The summed E-state index contributed by atoms with van der Waals surface area (Å²) in [4.78, 5) is 11.1. The maximum atomic E-state index is 12.3. The van der Waals surface area contributed by atoms with Crippen LogP contribution in [0.5, 0.6) is 0 Å². The lowest BCUT2D eigenvalue weighted by Crippen LogP contribution is -2.46. The van der Waals surface area contributed by atoms with Gasteiger partial charge in [0.05, 0.1) is 4.90 Å². The fraction of sp³-hybridized carbons (Fsp3) is 0.364. The Morgan fingerprint density at radius 2 is 1.68 bits per heavy atom. The van der Waals surface area contributed by atoms with Crippen molar-refractivity contribution in [1.29, 1.82) is 0 Å². The number of nitrogens with one attached hydrogen (secondary N) is 1. The van der Waals surface area contributed by atoms with E-state index in [9.17, 15) is 13.2 Å². The Bertz CT molecular complexity index is 539. The highest BCUT2D eigenvalue weighted by atomic mass is 35.5. The van der Waals surface area contributed by atoms with Gasteiger partial charge in [-0.3, -0.25) is 4.79 Å². The highest BCUT2D eigenvalue weighted by molar-refractivity contribution is 7.89. The molecule has 1 heterocycles. The van der Waals surface area contributed by atoms with Crippen LogP contribution in [0.2, 0.25) is 0 Å². The van der Waals surface area contributed by atoms with Crippen LogP contribution in [0, 0.1) is 0 Å². The lowest BCUT2D eigenvalue weighted by Gasteiger charge is -2.26. The molecule has 0 atom stereocenters. The fourth-order valence-electron chi connectivity index (χ4n) is 1.82. The first-order chi connectivity index (χ1) is 8.51. The van der Waals surface area contributed by atoms with E-state index >= 15 is 0 Å². The van der Waals surface area contributed by atoms with Gasteiger partial charge >= 0.3 is 0 Å². The van der Waals surface area contributed by atoms with Crippen molar-refractivity contribution in [2.45, 2.75) is 4.90 Å². The lowest BCUT2D eigenvalue weighted by atomic mass is 10.2. The van der Waals surface area contributed by atoms with Gasteiger partial charge in [0.25, 0.3) is 0 Å². The van der Waals surface area contributed by atoms with Crippen LogP contribution < -0.4 is 11.1 Å². The molecule has 0 saturated carbocycles. The van der Waals surface area contributed by atoms with Crippen molar-refractivity contribution >= 4 is 28.3 Å². The zero-order valence-corrected chi connectivity index (χ0v) is 11.8. The van der Waals surface area contributed by atoms with E-state index in [1.807, 2.05) is 0 Å². The van der Waals surface area contributed by atoms with Crippen LogP contribution in [-0.2, 0) is 10.0 Å². The molecule has 0 bridgehead atoms. The van der Waals surface area contributed by atoms with Crippen molar-refractivity contribution in [1.82, 2.24) is 9.62 Å². The number of benzene rings is 1. The molecule has 19 heavy (non-hydrogen) atoms. The Morgan fingerprint density at radius 1 is 1.16 bits per heavy atom. The third-order valence-corrected chi connectivity index (χ3v) is 4.77. The van der Waals surface area contributed by atoms with Crippen LogP contribution in [0.25, 0.3) is 0 Å². The van der Waals surface area contributed by atoms with E-state index < -0.39 is 15.9 Å². The summed E-state index contributed by atoms with van der Waals surface area (Å²) in [5.41, 5.74) is 5.41. The van der Waals surface area contributed by atoms with E-state index in [0.717, 1.165) is 0 Å². The van der Waals surface area contributed by atoms with E-state index in [1.165, 1.54) is 28.6 Å². The summed E-state index contributed by atoms with van der Waals surface area (Å²) in [5.74, 6) is -0.568. The highest BCUT2D eigenvalue weighted by Crippen LogP contribution is 2.16. The number of sulfonamides is 1. The van der Waals surface area contributed by atoms with Crippen LogP contribution in [-0.4, -0.2) is 44.8 Å². The second-order valence-corrected chi connectivity index (χ2v) is 5.98.